The zero-order chi connectivity index (χ0) is 14.0. The first-order valence-electron chi connectivity index (χ1n) is 6.19. The molecule has 1 saturated heterocycles. The molecule has 1 unspecified atom stereocenters. The fourth-order valence-electron chi connectivity index (χ4n) is 2.43. The van der Waals surface area contributed by atoms with E-state index in [1.165, 1.54) is 16.8 Å². The van der Waals surface area contributed by atoms with E-state index in [4.69, 9.17) is 11.6 Å². The van der Waals surface area contributed by atoms with Crippen molar-refractivity contribution in [1.29, 1.82) is 0 Å². The normalized spacial score (nSPS) is 18.8. The fourth-order valence-corrected chi connectivity index (χ4v) is 2.74. The molecule has 1 aromatic rings. The summed E-state index contributed by atoms with van der Waals surface area (Å²) in [7, 11) is 1.65. The van der Waals surface area contributed by atoms with Gasteiger partial charge in [-0.2, -0.15) is 0 Å². The summed E-state index contributed by atoms with van der Waals surface area (Å²) in [6.45, 7) is 1.38. The van der Waals surface area contributed by atoms with Crippen molar-refractivity contribution in [3.8, 4) is 0 Å². The molecule has 1 amide bonds. The first-order valence-corrected chi connectivity index (χ1v) is 6.72. The van der Waals surface area contributed by atoms with Crippen LogP contribution in [0, 0.1) is 16.0 Å². The van der Waals surface area contributed by atoms with Crippen molar-refractivity contribution in [2.45, 2.75) is 12.8 Å². The van der Waals surface area contributed by atoms with Gasteiger partial charge in [0.1, 0.15) is 5.69 Å². The molecule has 104 valence electrons. The maximum absolute atomic E-state index is 12.3. The molecule has 0 spiro atoms. The second-order valence-corrected chi connectivity index (χ2v) is 5.21. The molecule has 1 aromatic heterocycles. The molecule has 0 N–H and O–H groups in total. The molecular formula is C12H16ClN3O3. The van der Waals surface area contributed by atoms with Crippen molar-refractivity contribution in [3.63, 3.8) is 0 Å². The number of hydrogen-bond acceptors (Lipinski definition) is 3. The summed E-state index contributed by atoms with van der Waals surface area (Å²) in [6, 6.07) is 1.33. The van der Waals surface area contributed by atoms with E-state index < -0.39 is 4.92 Å². The van der Waals surface area contributed by atoms with Gasteiger partial charge < -0.3 is 9.47 Å². The lowest BCUT2D eigenvalue weighted by Crippen LogP contribution is -2.30. The van der Waals surface area contributed by atoms with Crippen LogP contribution < -0.4 is 0 Å². The number of carbonyl (C=O) groups excluding carboxylic acids is 1. The molecule has 0 aliphatic carbocycles. The minimum atomic E-state index is -0.489. The van der Waals surface area contributed by atoms with Crippen molar-refractivity contribution in [1.82, 2.24) is 9.47 Å². The minimum Gasteiger partial charge on any atom is -0.340 e. The molecule has 0 radical (unpaired) electrons. The van der Waals surface area contributed by atoms with Crippen LogP contribution in [0.25, 0.3) is 0 Å². The number of aromatic nitrogens is 1. The number of hydrogen-bond donors (Lipinski definition) is 0. The number of likely N-dealkylation sites (tertiary alicyclic amines) is 1. The molecular weight excluding hydrogens is 270 g/mol. The van der Waals surface area contributed by atoms with E-state index >= 15 is 0 Å². The third-order valence-corrected chi connectivity index (χ3v) is 3.73. The summed E-state index contributed by atoms with van der Waals surface area (Å²) in [5, 5.41) is 10.7. The molecule has 7 heteroatoms. The molecule has 0 saturated carbocycles. The van der Waals surface area contributed by atoms with Gasteiger partial charge >= 0.3 is 0 Å². The summed E-state index contributed by atoms with van der Waals surface area (Å²) in [4.78, 5) is 24.3. The van der Waals surface area contributed by atoms with Crippen LogP contribution in [-0.2, 0) is 7.05 Å². The number of carbonyl (C=O) groups is 1. The van der Waals surface area contributed by atoms with E-state index in [1.807, 2.05) is 0 Å². The lowest BCUT2D eigenvalue weighted by Gasteiger charge is -2.16. The fraction of sp³-hybridized carbons (Fsp3) is 0.583. The van der Waals surface area contributed by atoms with Crippen LogP contribution in [0.1, 0.15) is 23.3 Å². The Balaban J connectivity index is 2.10. The third-order valence-electron chi connectivity index (χ3n) is 3.51. The van der Waals surface area contributed by atoms with Gasteiger partial charge in [0.25, 0.3) is 11.6 Å². The van der Waals surface area contributed by atoms with Gasteiger partial charge in [0.15, 0.2) is 0 Å². The summed E-state index contributed by atoms with van der Waals surface area (Å²) in [5.41, 5.74) is 0.306. The van der Waals surface area contributed by atoms with Crippen LogP contribution >= 0.6 is 11.6 Å². The number of nitrogens with zero attached hydrogens (tertiary/aromatic N) is 3. The van der Waals surface area contributed by atoms with Gasteiger partial charge in [-0.1, -0.05) is 0 Å². The molecule has 19 heavy (non-hydrogen) atoms. The number of aryl methyl sites for hydroxylation is 1. The van der Waals surface area contributed by atoms with Gasteiger partial charge in [-0.05, 0) is 18.8 Å². The van der Waals surface area contributed by atoms with Gasteiger partial charge in [-0.25, -0.2) is 0 Å². The number of nitro groups is 1. The Morgan fingerprint density at radius 3 is 2.95 bits per heavy atom. The van der Waals surface area contributed by atoms with Gasteiger partial charge in [0.2, 0.25) is 0 Å². The maximum atomic E-state index is 12.3. The second kappa shape index (κ2) is 5.61. The zero-order valence-corrected chi connectivity index (χ0v) is 11.5. The van der Waals surface area contributed by atoms with E-state index in [9.17, 15) is 14.9 Å². The Bertz CT molecular complexity index is 500. The van der Waals surface area contributed by atoms with Gasteiger partial charge in [-0.15, -0.1) is 11.6 Å². The van der Waals surface area contributed by atoms with Crippen LogP contribution in [0.3, 0.4) is 0 Å². The van der Waals surface area contributed by atoms with Crippen molar-refractivity contribution < 1.29 is 9.72 Å². The Kier molecular flexibility index (Phi) is 4.09. The van der Waals surface area contributed by atoms with E-state index in [2.05, 4.69) is 0 Å². The molecule has 0 aromatic carbocycles. The van der Waals surface area contributed by atoms with E-state index in [0.717, 1.165) is 12.8 Å². The van der Waals surface area contributed by atoms with E-state index in [0.29, 0.717) is 30.6 Å². The van der Waals surface area contributed by atoms with Gasteiger partial charge in [0.05, 0.1) is 11.1 Å². The quantitative estimate of drug-likeness (QED) is 0.483. The zero-order valence-electron chi connectivity index (χ0n) is 10.7. The number of alkyl halides is 1. The Hall–Kier alpha value is -1.56. The monoisotopic (exact) mass is 285 g/mol. The maximum Gasteiger partial charge on any atom is 0.287 e. The first-order chi connectivity index (χ1) is 9.02. The highest BCUT2D eigenvalue weighted by molar-refractivity contribution is 6.17. The summed E-state index contributed by atoms with van der Waals surface area (Å²) < 4.78 is 1.51. The van der Waals surface area contributed by atoms with E-state index in [1.54, 1.807) is 11.9 Å². The number of halogens is 1. The lowest BCUT2D eigenvalue weighted by atomic mass is 10.1. The molecule has 6 nitrogen and oxygen atoms in total. The van der Waals surface area contributed by atoms with Crippen LogP contribution in [0.4, 0.5) is 5.69 Å². The third kappa shape index (κ3) is 2.89. The van der Waals surface area contributed by atoms with Gasteiger partial charge in [-0.3, -0.25) is 14.9 Å². The predicted molar refractivity (Wildman–Crippen MR) is 71.4 cm³/mol. The Morgan fingerprint density at radius 1 is 1.63 bits per heavy atom. The van der Waals surface area contributed by atoms with Crippen molar-refractivity contribution in [2.24, 2.45) is 13.0 Å². The average molecular weight is 286 g/mol. The topological polar surface area (TPSA) is 68.4 Å². The van der Waals surface area contributed by atoms with Crippen LogP contribution in [0.5, 0.6) is 0 Å². The second-order valence-electron chi connectivity index (χ2n) is 4.84. The van der Waals surface area contributed by atoms with Crippen molar-refractivity contribution >= 4 is 23.2 Å². The highest BCUT2D eigenvalue weighted by Crippen LogP contribution is 2.23. The molecule has 1 fully saturated rings. The molecule has 1 atom stereocenters. The standard InChI is InChI=1S/C12H16ClN3O3/c1-14-8-10(16(18)19)6-11(14)12(17)15-5-3-9(7-15)2-4-13/h6,8-9H,2-5,7H2,1H3. The highest BCUT2D eigenvalue weighted by Gasteiger charge is 2.29. The van der Waals surface area contributed by atoms with Crippen LogP contribution in [0.15, 0.2) is 12.3 Å². The molecule has 0 bridgehead atoms. The van der Waals surface area contributed by atoms with Crippen molar-refractivity contribution in [3.05, 3.63) is 28.1 Å². The SMILES string of the molecule is Cn1cc([N+](=O)[O-])cc1C(=O)N1CCC(CCCl)C1. The largest absolute Gasteiger partial charge is 0.340 e. The van der Waals surface area contributed by atoms with Crippen LogP contribution in [-0.4, -0.2) is 39.3 Å². The molecule has 1 aliphatic rings. The van der Waals surface area contributed by atoms with Crippen LogP contribution in [0.2, 0.25) is 0 Å². The van der Waals surface area contributed by atoms with Crippen molar-refractivity contribution in [2.75, 3.05) is 19.0 Å². The molecule has 2 rings (SSSR count). The summed E-state index contributed by atoms with van der Waals surface area (Å²) in [5.74, 6) is 0.895. The smallest absolute Gasteiger partial charge is 0.287 e. The molecule has 1 aliphatic heterocycles. The number of amides is 1. The summed E-state index contributed by atoms with van der Waals surface area (Å²) >= 11 is 5.71. The van der Waals surface area contributed by atoms with Gasteiger partial charge in [0, 0.05) is 32.1 Å². The predicted octanol–water partition coefficient (Wildman–Crippen LogP) is 2.02. The van der Waals surface area contributed by atoms with E-state index in [-0.39, 0.29) is 11.6 Å². The lowest BCUT2D eigenvalue weighted by molar-refractivity contribution is -0.384. The summed E-state index contributed by atoms with van der Waals surface area (Å²) in [6.07, 6.45) is 3.21. The average Bonchev–Trinajstić information content (AvgIpc) is 2.96. The number of rotatable bonds is 4. The minimum absolute atomic E-state index is 0.0534. The highest BCUT2D eigenvalue weighted by atomic mass is 35.5. The molecule has 2 heterocycles. The Morgan fingerprint density at radius 2 is 2.37 bits per heavy atom. The first kappa shape index (κ1) is 13.9. The Labute approximate surface area is 116 Å².